The predicted molar refractivity (Wildman–Crippen MR) is 49.0 cm³/mol. The van der Waals surface area contributed by atoms with Crippen molar-refractivity contribution in [1.29, 1.82) is 0 Å². The van der Waals surface area contributed by atoms with Crippen LogP contribution in [0.15, 0.2) is 0 Å². The van der Waals surface area contributed by atoms with Gasteiger partial charge in [-0.15, -0.1) is 0 Å². The highest BCUT2D eigenvalue weighted by Gasteiger charge is 2.36. The van der Waals surface area contributed by atoms with Gasteiger partial charge in [-0.3, -0.25) is 0 Å². The number of hydrogen-bond donors (Lipinski definition) is 0. The Morgan fingerprint density at radius 2 is 1.75 bits per heavy atom. The molecule has 0 unspecified atom stereocenters. The molecule has 0 aromatic heterocycles. The van der Waals surface area contributed by atoms with Crippen molar-refractivity contribution in [3.8, 4) is 0 Å². The molecule has 0 aliphatic carbocycles. The summed E-state index contributed by atoms with van der Waals surface area (Å²) in [5, 5.41) is 0. The molecule has 0 N–H and O–H groups in total. The third-order valence-corrected chi connectivity index (χ3v) is 2.65. The predicted octanol–water partition coefficient (Wildman–Crippen LogP) is 2.58. The molecule has 2 nitrogen and oxygen atoms in total. The fourth-order valence-corrected chi connectivity index (χ4v) is 1.65. The Hall–Kier alpha value is -0.0800. The van der Waals surface area contributed by atoms with Gasteiger partial charge >= 0.3 is 0 Å². The Balaban J connectivity index is 2.48. The largest absolute Gasteiger partial charge is 0.348 e. The zero-order valence-corrected chi connectivity index (χ0v) is 8.64. The van der Waals surface area contributed by atoms with Gasteiger partial charge in [0.1, 0.15) is 0 Å². The molecule has 2 heteroatoms. The van der Waals surface area contributed by atoms with E-state index in [0.29, 0.717) is 5.41 Å². The molecule has 1 fully saturated rings. The average molecular weight is 172 g/mol. The van der Waals surface area contributed by atoms with Crippen molar-refractivity contribution < 1.29 is 9.47 Å². The maximum absolute atomic E-state index is 5.56. The topological polar surface area (TPSA) is 18.5 Å². The van der Waals surface area contributed by atoms with Gasteiger partial charge in [-0.05, 0) is 12.3 Å². The number of hydrogen-bond acceptors (Lipinski definition) is 2. The van der Waals surface area contributed by atoms with Crippen LogP contribution in [0.4, 0.5) is 0 Å². The molecule has 1 aliphatic rings. The summed E-state index contributed by atoms with van der Waals surface area (Å²) in [6, 6.07) is 0. The molecule has 1 saturated heterocycles. The van der Waals surface area contributed by atoms with E-state index in [4.69, 9.17) is 9.47 Å². The van der Waals surface area contributed by atoms with Crippen molar-refractivity contribution >= 4 is 0 Å². The molecule has 1 heterocycles. The van der Waals surface area contributed by atoms with E-state index in [1.807, 2.05) is 6.92 Å². The van der Waals surface area contributed by atoms with Crippen LogP contribution in [-0.2, 0) is 9.47 Å². The van der Waals surface area contributed by atoms with E-state index in [0.717, 1.165) is 26.1 Å². The highest BCUT2D eigenvalue weighted by molar-refractivity contribution is 4.78. The summed E-state index contributed by atoms with van der Waals surface area (Å²) >= 11 is 0. The Bertz CT molecular complexity index is 146. The zero-order chi connectivity index (χ0) is 9.24. The summed E-state index contributed by atoms with van der Waals surface area (Å²) in [6.07, 6.45) is 2.14. The van der Waals surface area contributed by atoms with Crippen LogP contribution < -0.4 is 0 Å². The maximum atomic E-state index is 5.56. The van der Waals surface area contributed by atoms with Crippen molar-refractivity contribution in [2.45, 2.75) is 46.3 Å². The average Bonchev–Trinajstić information content (AvgIpc) is 2.35. The SMILES string of the molecule is CCC(C)(C)CC1(C)OCCO1. The Morgan fingerprint density at radius 1 is 1.25 bits per heavy atom. The molecule has 0 saturated carbocycles. The smallest absolute Gasteiger partial charge is 0.166 e. The van der Waals surface area contributed by atoms with Gasteiger partial charge in [-0.1, -0.05) is 27.2 Å². The summed E-state index contributed by atoms with van der Waals surface area (Å²) in [7, 11) is 0. The van der Waals surface area contributed by atoms with E-state index in [1.54, 1.807) is 0 Å². The molecular formula is C10H20O2. The highest BCUT2D eigenvalue weighted by atomic mass is 16.7. The monoisotopic (exact) mass is 172 g/mol. The second kappa shape index (κ2) is 3.35. The van der Waals surface area contributed by atoms with Crippen LogP contribution in [0.1, 0.15) is 40.5 Å². The first kappa shape index (κ1) is 10.0. The molecule has 0 aromatic rings. The first-order valence-electron chi connectivity index (χ1n) is 4.75. The molecule has 12 heavy (non-hydrogen) atoms. The van der Waals surface area contributed by atoms with E-state index in [1.165, 1.54) is 0 Å². The lowest BCUT2D eigenvalue weighted by Gasteiger charge is -2.32. The van der Waals surface area contributed by atoms with Crippen molar-refractivity contribution in [2.24, 2.45) is 5.41 Å². The van der Waals surface area contributed by atoms with E-state index < -0.39 is 0 Å². The van der Waals surface area contributed by atoms with E-state index in [-0.39, 0.29) is 5.79 Å². The van der Waals surface area contributed by atoms with Gasteiger partial charge in [0.2, 0.25) is 0 Å². The summed E-state index contributed by atoms with van der Waals surface area (Å²) in [5.74, 6) is -0.320. The fourth-order valence-electron chi connectivity index (χ4n) is 1.65. The summed E-state index contributed by atoms with van der Waals surface area (Å²) in [4.78, 5) is 0. The van der Waals surface area contributed by atoms with Crippen LogP contribution >= 0.6 is 0 Å². The molecule has 72 valence electrons. The molecular weight excluding hydrogens is 152 g/mol. The Morgan fingerprint density at radius 3 is 2.17 bits per heavy atom. The number of ether oxygens (including phenoxy) is 2. The van der Waals surface area contributed by atoms with Crippen molar-refractivity contribution in [3.05, 3.63) is 0 Å². The lowest BCUT2D eigenvalue weighted by Crippen LogP contribution is -2.32. The quantitative estimate of drug-likeness (QED) is 0.651. The normalized spacial score (nSPS) is 23.0. The Labute approximate surface area is 75.2 Å². The second-order valence-electron chi connectivity index (χ2n) is 4.53. The molecule has 1 rings (SSSR count). The van der Waals surface area contributed by atoms with E-state index >= 15 is 0 Å². The first-order valence-corrected chi connectivity index (χ1v) is 4.75. The first-order chi connectivity index (χ1) is 5.47. The van der Waals surface area contributed by atoms with Crippen LogP contribution in [0, 0.1) is 5.41 Å². The standard InChI is InChI=1S/C10H20O2/c1-5-9(2,3)8-10(4)11-6-7-12-10/h5-8H2,1-4H3. The molecule has 0 radical (unpaired) electrons. The Kier molecular flexibility index (Phi) is 2.79. The van der Waals surface area contributed by atoms with Crippen LogP contribution in [0.2, 0.25) is 0 Å². The third kappa shape index (κ3) is 2.46. The minimum atomic E-state index is -0.320. The lowest BCUT2D eigenvalue weighted by molar-refractivity contribution is -0.163. The molecule has 0 bridgehead atoms. The van der Waals surface area contributed by atoms with Crippen LogP contribution in [-0.4, -0.2) is 19.0 Å². The van der Waals surface area contributed by atoms with Crippen LogP contribution in [0.25, 0.3) is 0 Å². The molecule has 0 amide bonds. The number of rotatable bonds is 3. The zero-order valence-electron chi connectivity index (χ0n) is 8.64. The maximum Gasteiger partial charge on any atom is 0.166 e. The summed E-state index contributed by atoms with van der Waals surface area (Å²) < 4.78 is 11.1. The van der Waals surface area contributed by atoms with Crippen LogP contribution in [0.3, 0.4) is 0 Å². The van der Waals surface area contributed by atoms with E-state index in [9.17, 15) is 0 Å². The van der Waals surface area contributed by atoms with Crippen molar-refractivity contribution in [2.75, 3.05) is 13.2 Å². The molecule has 0 spiro atoms. The third-order valence-electron chi connectivity index (χ3n) is 2.65. The highest BCUT2D eigenvalue weighted by Crippen LogP contribution is 2.35. The van der Waals surface area contributed by atoms with Gasteiger partial charge in [0, 0.05) is 6.42 Å². The fraction of sp³-hybridized carbons (Fsp3) is 1.00. The summed E-state index contributed by atoms with van der Waals surface area (Å²) in [5.41, 5.74) is 0.319. The van der Waals surface area contributed by atoms with Crippen LogP contribution in [0.5, 0.6) is 0 Å². The lowest BCUT2D eigenvalue weighted by atomic mass is 9.83. The van der Waals surface area contributed by atoms with Gasteiger partial charge < -0.3 is 9.47 Å². The second-order valence-corrected chi connectivity index (χ2v) is 4.53. The van der Waals surface area contributed by atoms with Crippen molar-refractivity contribution in [3.63, 3.8) is 0 Å². The minimum absolute atomic E-state index is 0.319. The molecule has 0 aromatic carbocycles. The van der Waals surface area contributed by atoms with Gasteiger partial charge in [0.05, 0.1) is 13.2 Å². The van der Waals surface area contributed by atoms with Gasteiger partial charge in [0.15, 0.2) is 5.79 Å². The van der Waals surface area contributed by atoms with Gasteiger partial charge in [0.25, 0.3) is 0 Å². The minimum Gasteiger partial charge on any atom is -0.348 e. The molecule has 1 aliphatic heterocycles. The van der Waals surface area contributed by atoms with E-state index in [2.05, 4.69) is 20.8 Å². The molecule has 0 atom stereocenters. The van der Waals surface area contributed by atoms with Gasteiger partial charge in [-0.25, -0.2) is 0 Å². The van der Waals surface area contributed by atoms with Crippen molar-refractivity contribution in [1.82, 2.24) is 0 Å². The summed E-state index contributed by atoms with van der Waals surface area (Å²) in [6.45, 7) is 10.2. The van der Waals surface area contributed by atoms with Gasteiger partial charge in [-0.2, -0.15) is 0 Å².